The SMILES string of the molecule is O=C(Nc1ccc(Cl)c2cccnc12)c1ccco1. The van der Waals surface area contributed by atoms with Crippen LogP contribution in [0.15, 0.2) is 53.3 Å². The van der Waals surface area contributed by atoms with Crippen LogP contribution in [0.1, 0.15) is 10.6 Å². The highest BCUT2D eigenvalue weighted by Gasteiger charge is 2.12. The molecule has 5 heteroatoms. The molecule has 3 rings (SSSR count). The predicted octanol–water partition coefficient (Wildman–Crippen LogP) is 3.73. The van der Waals surface area contributed by atoms with E-state index >= 15 is 0 Å². The third-order valence-electron chi connectivity index (χ3n) is 2.71. The van der Waals surface area contributed by atoms with E-state index in [2.05, 4.69) is 10.3 Å². The molecule has 0 saturated heterocycles. The number of nitrogens with zero attached hydrogens (tertiary/aromatic N) is 1. The molecule has 0 spiro atoms. The molecular formula is C14H9ClN2O2. The lowest BCUT2D eigenvalue weighted by Gasteiger charge is -2.07. The zero-order valence-corrected chi connectivity index (χ0v) is 10.5. The van der Waals surface area contributed by atoms with Crippen LogP contribution in [-0.4, -0.2) is 10.9 Å². The first-order valence-electron chi connectivity index (χ1n) is 5.64. The minimum absolute atomic E-state index is 0.249. The van der Waals surface area contributed by atoms with Gasteiger partial charge in [0.15, 0.2) is 5.76 Å². The first kappa shape index (κ1) is 11.7. The molecule has 4 nitrogen and oxygen atoms in total. The highest BCUT2D eigenvalue weighted by atomic mass is 35.5. The Morgan fingerprint density at radius 3 is 2.89 bits per heavy atom. The number of nitrogens with one attached hydrogen (secondary N) is 1. The summed E-state index contributed by atoms with van der Waals surface area (Å²) in [7, 11) is 0. The third-order valence-corrected chi connectivity index (χ3v) is 3.04. The van der Waals surface area contributed by atoms with Crippen LogP contribution in [0, 0.1) is 0 Å². The lowest BCUT2D eigenvalue weighted by Crippen LogP contribution is -2.11. The molecule has 1 amide bonds. The van der Waals surface area contributed by atoms with E-state index < -0.39 is 0 Å². The normalized spacial score (nSPS) is 10.6. The molecule has 0 saturated carbocycles. The van der Waals surface area contributed by atoms with Crippen molar-refractivity contribution in [3.63, 3.8) is 0 Å². The highest BCUT2D eigenvalue weighted by Crippen LogP contribution is 2.28. The molecule has 0 atom stereocenters. The van der Waals surface area contributed by atoms with Gasteiger partial charge in [-0.25, -0.2) is 0 Å². The molecule has 0 unspecified atom stereocenters. The summed E-state index contributed by atoms with van der Waals surface area (Å²) < 4.78 is 5.04. The molecule has 0 bridgehead atoms. The van der Waals surface area contributed by atoms with E-state index in [-0.39, 0.29) is 11.7 Å². The van der Waals surface area contributed by atoms with Crippen molar-refractivity contribution >= 4 is 34.1 Å². The van der Waals surface area contributed by atoms with Gasteiger partial charge in [0.05, 0.1) is 22.5 Å². The second-order valence-corrected chi connectivity index (χ2v) is 4.33. The molecule has 0 radical (unpaired) electrons. The van der Waals surface area contributed by atoms with E-state index in [4.69, 9.17) is 16.0 Å². The van der Waals surface area contributed by atoms with Gasteiger partial charge in [-0.15, -0.1) is 0 Å². The Morgan fingerprint density at radius 1 is 1.21 bits per heavy atom. The van der Waals surface area contributed by atoms with Gasteiger partial charge in [0.1, 0.15) is 0 Å². The highest BCUT2D eigenvalue weighted by molar-refractivity contribution is 6.36. The molecule has 2 heterocycles. The third kappa shape index (κ3) is 2.18. The van der Waals surface area contributed by atoms with Gasteiger partial charge in [-0.05, 0) is 36.4 Å². The van der Waals surface area contributed by atoms with Crippen LogP contribution in [0.2, 0.25) is 5.02 Å². The van der Waals surface area contributed by atoms with Crippen molar-refractivity contribution in [1.29, 1.82) is 0 Å². The fourth-order valence-corrected chi connectivity index (χ4v) is 2.05. The van der Waals surface area contributed by atoms with Gasteiger partial charge >= 0.3 is 0 Å². The van der Waals surface area contributed by atoms with Crippen LogP contribution in [-0.2, 0) is 0 Å². The maximum absolute atomic E-state index is 11.9. The summed E-state index contributed by atoms with van der Waals surface area (Å²) in [6, 6.07) is 10.4. The molecule has 1 N–H and O–H groups in total. The Morgan fingerprint density at radius 2 is 2.11 bits per heavy atom. The number of halogens is 1. The number of hydrogen-bond acceptors (Lipinski definition) is 3. The summed E-state index contributed by atoms with van der Waals surface area (Å²) in [5.74, 6) is -0.0710. The van der Waals surface area contributed by atoms with Crippen LogP contribution in [0.5, 0.6) is 0 Å². The average molecular weight is 273 g/mol. The van der Waals surface area contributed by atoms with Gasteiger partial charge in [-0.3, -0.25) is 9.78 Å². The molecule has 1 aromatic carbocycles. The fourth-order valence-electron chi connectivity index (χ4n) is 1.83. The van der Waals surface area contributed by atoms with Gasteiger partial charge in [0.25, 0.3) is 5.91 Å². The van der Waals surface area contributed by atoms with Crippen LogP contribution in [0.25, 0.3) is 10.9 Å². The number of carbonyl (C=O) groups is 1. The minimum Gasteiger partial charge on any atom is -0.459 e. The van der Waals surface area contributed by atoms with E-state index in [1.165, 1.54) is 6.26 Å². The summed E-state index contributed by atoms with van der Waals surface area (Å²) in [4.78, 5) is 16.2. The van der Waals surface area contributed by atoms with E-state index in [0.717, 1.165) is 5.39 Å². The summed E-state index contributed by atoms with van der Waals surface area (Å²) in [5.41, 5.74) is 1.25. The number of hydrogen-bond donors (Lipinski definition) is 1. The van der Waals surface area contributed by atoms with E-state index in [1.54, 1.807) is 36.5 Å². The number of aromatic nitrogens is 1. The van der Waals surface area contributed by atoms with Gasteiger partial charge in [0.2, 0.25) is 0 Å². The zero-order chi connectivity index (χ0) is 13.2. The second-order valence-electron chi connectivity index (χ2n) is 3.93. The maximum Gasteiger partial charge on any atom is 0.291 e. The topological polar surface area (TPSA) is 55.1 Å². The Balaban J connectivity index is 2.02. The lowest BCUT2D eigenvalue weighted by molar-refractivity contribution is 0.0997. The number of carbonyl (C=O) groups excluding carboxylic acids is 1. The van der Waals surface area contributed by atoms with Crippen molar-refractivity contribution in [3.8, 4) is 0 Å². The van der Waals surface area contributed by atoms with Gasteiger partial charge in [-0.1, -0.05) is 11.6 Å². The Labute approximate surface area is 114 Å². The standard InChI is InChI=1S/C14H9ClN2O2/c15-10-5-6-11(13-9(10)3-1-7-16-13)17-14(18)12-4-2-8-19-12/h1-8H,(H,17,18). The molecule has 0 aliphatic carbocycles. The van der Waals surface area contributed by atoms with Gasteiger partial charge < -0.3 is 9.73 Å². The van der Waals surface area contributed by atoms with E-state index in [0.29, 0.717) is 16.2 Å². The number of rotatable bonds is 2. The van der Waals surface area contributed by atoms with Crippen LogP contribution < -0.4 is 5.32 Å². The molecule has 19 heavy (non-hydrogen) atoms. The molecule has 0 fully saturated rings. The van der Waals surface area contributed by atoms with E-state index in [9.17, 15) is 4.79 Å². The second kappa shape index (κ2) is 4.74. The largest absolute Gasteiger partial charge is 0.459 e. The Kier molecular flexibility index (Phi) is 2.93. The molecule has 0 aliphatic rings. The minimum atomic E-state index is -0.320. The zero-order valence-electron chi connectivity index (χ0n) is 9.76. The number of anilines is 1. The Bertz CT molecular complexity index is 738. The summed E-state index contributed by atoms with van der Waals surface area (Å²) in [6.45, 7) is 0. The smallest absolute Gasteiger partial charge is 0.291 e. The summed E-state index contributed by atoms with van der Waals surface area (Å²) in [5, 5.41) is 4.15. The number of benzene rings is 1. The number of fused-ring (bicyclic) bond motifs is 1. The van der Waals surface area contributed by atoms with Crippen molar-refractivity contribution in [3.05, 3.63) is 59.6 Å². The average Bonchev–Trinajstić information content (AvgIpc) is 2.96. The lowest BCUT2D eigenvalue weighted by atomic mass is 10.2. The first-order chi connectivity index (χ1) is 9.25. The van der Waals surface area contributed by atoms with Crippen molar-refractivity contribution in [2.24, 2.45) is 0 Å². The Hall–Kier alpha value is -2.33. The molecule has 94 valence electrons. The number of pyridine rings is 1. The molecule has 3 aromatic rings. The van der Waals surface area contributed by atoms with Gasteiger partial charge in [-0.2, -0.15) is 0 Å². The van der Waals surface area contributed by atoms with Gasteiger partial charge in [0, 0.05) is 11.6 Å². The van der Waals surface area contributed by atoms with Crippen molar-refractivity contribution < 1.29 is 9.21 Å². The fraction of sp³-hybridized carbons (Fsp3) is 0. The number of furan rings is 1. The van der Waals surface area contributed by atoms with E-state index in [1.807, 2.05) is 6.07 Å². The monoisotopic (exact) mass is 272 g/mol. The van der Waals surface area contributed by atoms with Crippen LogP contribution in [0.4, 0.5) is 5.69 Å². The molecular weight excluding hydrogens is 264 g/mol. The molecule has 0 aliphatic heterocycles. The molecule has 2 aromatic heterocycles. The maximum atomic E-state index is 11.9. The quantitative estimate of drug-likeness (QED) is 0.773. The van der Waals surface area contributed by atoms with Crippen LogP contribution in [0.3, 0.4) is 0 Å². The summed E-state index contributed by atoms with van der Waals surface area (Å²) in [6.07, 6.45) is 3.11. The van der Waals surface area contributed by atoms with Crippen LogP contribution >= 0.6 is 11.6 Å². The first-order valence-corrected chi connectivity index (χ1v) is 6.01. The van der Waals surface area contributed by atoms with Crippen molar-refractivity contribution in [1.82, 2.24) is 4.98 Å². The van der Waals surface area contributed by atoms with Crippen molar-refractivity contribution in [2.45, 2.75) is 0 Å². The predicted molar refractivity (Wildman–Crippen MR) is 73.4 cm³/mol. The number of amides is 1. The van der Waals surface area contributed by atoms with Crippen molar-refractivity contribution in [2.75, 3.05) is 5.32 Å². The summed E-state index contributed by atoms with van der Waals surface area (Å²) >= 11 is 6.09.